The molecule has 0 aromatic heterocycles. The Kier molecular flexibility index (Phi) is 2.99. The second-order valence-corrected chi connectivity index (χ2v) is 3.23. The van der Waals surface area contributed by atoms with Gasteiger partial charge in [0.05, 0.1) is 0 Å². The number of rotatable bonds is 1. The van der Waals surface area contributed by atoms with Crippen LogP contribution in [0.1, 0.15) is 5.56 Å². The number of benzene rings is 1. The molecular weight excluding hydrogens is 261 g/mol. The molecule has 3 heteroatoms. The Morgan fingerprint density at radius 2 is 1.73 bits per heavy atom. The highest BCUT2D eigenvalue weighted by molar-refractivity contribution is 14.1. The molecule has 0 aliphatic heterocycles. The Morgan fingerprint density at radius 3 is 2.18 bits per heavy atom. The van der Waals surface area contributed by atoms with Gasteiger partial charge in [-0.2, -0.15) is 8.78 Å². The first-order chi connectivity index (χ1) is 5.18. The van der Waals surface area contributed by atoms with E-state index in [4.69, 9.17) is 0 Å². The third-order valence-corrected chi connectivity index (χ3v) is 1.86. The first kappa shape index (κ1) is 8.64. The highest BCUT2D eigenvalue weighted by Gasteiger charge is 1.91. The summed E-state index contributed by atoms with van der Waals surface area (Å²) in [6, 6.07) is 6.88. The van der Waals surface area contributed by atoms with Crippen LogP contribution >= 0.6 is 22.6 Å². The molecule has 1 aromatic rings. The average molecular weight is 266 g/mol. The van der Waals surface area contributed by atoms with Gasteiger partial charge in [0.25, 0.3) is 6.08 Å². The monoisotopic (exact) mass is 266 g/mol. The average Bonchev–Trinajstić information content (AvgIpc) is 1.93. The Labute approximate surface area is 77.1 Å². The maximum absolute atomic E-state index is 11.7. The fourth-order valence-electron chi connectivity index (χ4n) is 0.685. The zero-order valence-electron chi connectivity index (χ0n) is 5.52. The Balaban J connectivity index is 2.91. The number of halogens is 3. The SMILES string of the molecule is FC(F)=Cc1ccc(I)cc1. The van der Waals surface area contributed by atoms with Crippen LogP contribution in [0.3, 0.4) is 0 Å². The van der Waals surface area contributed by atoms with Crippen molar-refractivity contribution in [1.29, 1.82) is 0 Å². The topological polar surface area (TPSA) is 0 Å². The Hall–Kier alpha value is -0.450. The van der Waals surface area contributed by atoms with Crippen molar-refractivity contribution in [2.45, 2.75) is 0 Å². The quantitative estimate of drug-likeness (QED) is 0.682. The van der Waals surface area contributed by atoms with Crippen molar-refractivity contribution in [3.8, 4) is 0 Å². The van der Waals surface area contributed by atoms with Gasteiger partial charge in [-0.3, -0.25) is 0 Å². The fourth-order valence-corrected chi connectivity index (χ4v) is 1.04. The maximum Gasteiger partial charge on any atom is 0.270 e. The second-order valence-electron chi connectivity index (χ2n) is 1.99. The molecule has 0 atom stereocenters. The standard InChI is InChI=1S/C8H5F2I/c9-8(10)5-6-1-3-7(11)4-2-6/h1-5H. The molecule has 0 nitrogen and oxygen atoms in total. The number of hydrogen-bond acceptors (Lipinski definition) is 0. The minimum atomic E-state index is -1.66. The zero-order chi connectivity index (χ0) is 8.27. The van der Waals surface area contributed by atoms with Crippen molar-refractivity contribution in [3.05, 3.63) is 39.5 Å². The van der Waals surface area contributed by atoms with Crippen molar-refractivity contribution in [2.24, 2.45) is 0 Å². The minimum absolute atomic E-state index is 0.533. The molecule has 0 saturated carbocycles. The third kappa shape index (κ3) is 2.96. The van der Waals surface area contributed by atoms with Gasteiger partial charge in [0, 0.05) is 9.65 Å². The molecule has 0 N–H and O–H groups in total. The molecule has 0 amide bonds. The van der Waals surface area contributed by atoms with E-state index in [1.807, 2.05) is 0 Å². The molecular formula is C8H5F2I. The lowest BCUT2D eigenvalue weighted by Gasteiger charge is -1.91. The van der Waals surface area contributed by atoms with Gasteiger partial charge in [-0.1, -0.05) is 12.1 Å². The van der Waals surface area contributed by atoms with E-state index < -0.39 is 6.08 Å². The highest BCUT2D eigenvalue weighted by Crippen LogP contribution is 2.11. The van der Waals surface area contributed by atoms with Crippen molar-refractivity contribution in [1.82, 2.24) is 0 Å². The molecule has 0 fully saturated rings. The molecule has 1 rings (SSSR count). The molecule has 0 aliphatic carbocycles. The maximum atomic E-state index is 11.7. The van der Waals surface area contributed by atoms with Gasteiger partial charge in [-0.25, -0.2) is 0 Å². The summed E-state index contributed by atoms with van der Waals surface area (Å²) in [7, 11) is 0. The van der Waals surface area contributed by atoms with Gasteiger partial charge in [0.2, 0.25) is 0 Å². The van der Waals surface area contributed by atoms with Crippen LogP contribution in [0, 0.1) is 3.57 Å². The van der Waals surface area contributed by atoms with Crippen LogP contribution in [0.2, 0.25) is 0 Å². The summed E-state index contributed by atoms with van der Waals surface area (Å²) in [6.45, 7) is 0. The van der Waals surface area contributed by atoms with E-state index in [1.165, 1.54) is 0 Å². The van der Waals surface area contributed by atoms with Crippen molar-refractivity contribution < 1.29 is 8.78 Å². The van der Waals surface area contributed by atoms with E-state index >= 15 is 0 Å². The third-order valence-electron chi connectivity index (χ3n) is 1.15. The van der Waals surface area contributed by atoms with Gasteiger partial charge >= 0.3 is 0 Å². The molecule has 0 heterocycles. The highest BCUT2D eigenvalue weighted by atomic mass is 127. The Bertz CT molecular complexity index is 260. The Morgan fingerprint density at radius 1 is 1.18 bits per heavy atom. The van der Waals surface area contributed by atoms with Gasteiger partial charge in [-0.05, 0) is 40.3 Å². The first-order valence-electron chi connectivity index (χ1n) is 2.97. The van der Waals surface area contributed by atoms with Gasteiger partial charge in [0.1, 0.15) is 0 Å². The van der Waals surface area contributed by atoms with Crippen LogP contribution in [0.4, 0.5) is 8.78 Å². The molecule has 0 unspecified atom stereocenters. The van der Waals surface area contributed by atoms with Gasteiger partial charge in [-0.15, -0.1) is 0 Å². The van der Waals surface area contributed by atoms with Crippen LogP contribution in [-0.4, -0.2) is 0 Å². The van der Waals surface area contributed by atoms with Crippen LogP contribution in [0.25, 0.3) is 6.08 Å². The van der Waals surface area contributed by atoms with Crippen LogP contribution in [0.15, 0.2) is 30.3 Å². The molecule has 0 spiro atoms. The summed E-state index contributed by atoms with van der Waals surface area (Å²) in [5, 5.41) is 0. The molecule has 0 aliphatic rings. The molecule has 1 aromatic carbocycles. The van der Waals surface area contributed by atoms with E-state index in [1.54, 1.807) is 24.3 Å². The lowest BCUT2D eigenvalue weighted by molar-refractivity contribution is 0.429. The predicted molar refractivity (Wildman–Crippen MR) is 49.4 cm³/mol. The second kappa shape index (κ2) is 3.80. The lowest BCUT2D eigenvalue weighted by Crippen LogP contribution is -1.72. The zero-order valence-corrected chi connectivity index (χ0v) is 7.68. The predicted octanol–water partition coefficient (Wildman–Crippen LogP) is 3.53. The van der Waals surface area contributed by atoms with E-state index in [0.29, 0.717) is 5.56 Å². The molecule has 58 valence electrons. The summed E-state index contributed by atoms with van der Waals surface area (Å²) >= 11 is 2.12. The van der Waals surface area contributed by atoms with Crippen LogP contribution in [0.5, 0.6) is 0 Å². The van der Waals surface area contributed by atoms with Crippen LogP contribution in [-0.2, 0) is 0 Å². The summed E-state index contributed by atoms with van der Waals surface area (Å²) in [5.74, 6) is 0. The molecule has 11 heavy (non-hydrogen) atoms. The van der Waals surface area contributed by atoms with E-state index in [0.717, 1.165) is 9.65 Å². The molecule has 0 saturated heterocycles. The van der Waals surface area contributed by atoms with Gasteiger partial charge in [0.15, 0.2) is 0 Å². The fraction of sp³-hybridized carbons (Fsp3) is 0. The van der Waals surface area contributed by atoms with Crippen molar-refractivity contribution in [2.75, 3.05) is 0 Å². The smallest absolute Gasteiger partial charge is 0.173 e. The van der Waals surface area contributed by atoms with E-state index in [2.05, 4.69) is 22.6 Å². The van der Waals surface area contributed by atoms with E-state index in [9.17, 15) is 8.78 Å². The van der Waals surface area contributed by atoms with Crippen molar-refractivity contribution >= 4 is 28.7 Å². The minimum Gasteiger partial charge on any atom is -0.173 e. The van der Waals surface area contributed by atoms with Gasteiger partial charge < -0.3 is 0 Å². The summed E-state index contributed by atoms with van der Waals surface area (Å²) in [4.78, 5) is 0. The molecule has 0 radical (unpaired) electrons. The van der Waals surface area contributed by atoms with E-state index in [-0.39, 0.29) is 0 Å². The van der Waals surface area contributed by atoms with Crippen molar-refractivity contribution in [3.63, 3.8) is 0 Å². The first-order valence-corrected chi connectivity index (χ1v) is 4.04. The summed E-state index contributed by atoms with van der Waals surface area (Å²) in [5.41, 5.74) is 0.533. The summed E-state index contributed by atoms with van der Waals surface area (Å²) in [6.07, 6.45) is -0.818. The largest absolute Gasteiger partial charge is 0.270 e. The summed E-state index contributed by atoms with van der Waals surface area (Å²) < 4.78 is 24.4. The normalized spacial score (nSPS) is 9.36. The number of hydrogen-bond donors (Lipinski definition) is 0. The molecule has 0 bridgehead atoms. The van der Waals surface area contributed by atoms with Crippen LogP contribution < -0.4 is 0 Å². The lowest BCUT2D eigenvalue weighted by atomic mass is 10.2.